The molecule has 0 N–H and O–H groups in total. The van der Waals surface area contributed by atoms with E-state index in [2.05, 4.69) is 19.1 Å². The monoisotopic (exact) mass is 298 g/mol. The van der Waals surface area contributed by atoms with Crippen LogP contribution in [0.25, 0.3) is 0 Å². The lowest BCUT2D eigenvalue weighted by molar-refractivity contribution is -0.262. The third-order valence-corrected chi connectivity index (χ3v) is 4.06. The maximum absolute atomic E-state index is 6.00. The molecule has 0 radical (unpaired) electrons. The van der Waals surface area contributed by atoms with Gasteiger partial charge in [0.05, 0.1) is 19.3 Å². The molecule has 3 heteroatoms. The van der Waals surface area contributed by atoms with Crippen molar-refractivity contribution in [2.75, 3.05) is 6.61 Å². The van der Waals surface area contributed by atoms with Crippen LogP contribution in [0.15, 0.2) is 54.6 Å². The maximum Gasteiger partial charge on any atom is 0.184 e. The predicted octanol–water partition coefficient (Wildman–Crippen LogP) is 4.01. The highest BCUT2D eigenvalue weighted by Crippen LogP contribution is 2.27. The van der Waals surface area contributed by atoms with Crippen LogP contribution in [0.1, 0.15) is 29.9 Å². The van der Waals surface area contributed by atoms with E-state index in [0.717, 1.165) is 5.56 Å². The van der Waals surface area contributed by atoms with E-state index in [1.165, 1.54) is 11.1 Å². The van der Waals surface area contributed by atoms with Gasteiger partial charge in [-0.25, -0.2) is 0 Å². The third kappa shape index (κ3) is 3.55. The van der Waals surface area contributed by atoms with Gasteiger partial charge in [-0.1, -0.05) is 54.6 Å². The van der Waals surface area contributed by atoms with Crippen molar-refractivity contribution in [3.63, 3.8) is 0 Å². The normalized spacial score (nSPS) is 25.1. The molecule has 1 saturated heterocycles. The van der Waals surface area contributed by atoms with Gasteiger partial charge in [0.1, 0.15) is 6.10 Å². The molecular formula is C19H22O3. The Bertz CT molecular complexity index is 597. The zero-order valence-corrected chi connectivity index (χ0v) is 13.1. The minimum absolute atomic E-state index is 0.00275. The zero-order valence-electron chi connectivity index (χ0n) is 13.1. The molecule has 0 amide bonds. The van der Waals surface area contributed by atoms with Gasteiger partial charge in [0.2, 0.25) is 0 Å². The molecule has 1 fully saturated rings. The molecule has 3 nitrogen and oxygen atoms in total. The van der Waals surface area contributed by atoms with Gasteiger partial charge in [0.15, 0.2) is 6.29 Å². The van der Waals surface area contributed by atoms with Crippen LogP contribution in [0, 0.1) is 6.92 Å². The van der Waals surface area contributed by atoms with Gasteiger partial charge in [0, 0.05) is 5.56 Å². The Morgan fingerprint density at radius 2 is 1.77 bits per heavy atom. The summed E-state index contributed by atoms with van der Waals surface area (Å²) in [6, 6.07) is 18.3. The van der Waals surface area contributed by atoms with Crippen LogP contribution in [0.5, 0.6) is 0 Å². The average molecular weight is 298 g/mol. The molecule has 2 aromatic carbocycles. The first kappa shape index (κ1) is 15.2. The van der Waals surface area contributed by atoms with E-state index in [4.69, 9.17) is 14.2 Å². The van der Waals surface area contributed by atoms with Gasteiger partial charge in [-0.3, -0.25) is 0 Å². The summed E-state index contributed by atoms with van der Waals surface area (Å²) in [7, 11) is 0. The third-order valence-electron chi connectivity index (χ3n) is 4.06. The van der Waals surface area contributed by atoms with E-state index in [0.29, 0.717) is 13.2 Å². The average Bonchev–Trinajstić information content (AvgIpc) is 2.56. The second-order valence-corrected chi connectivity index (χ2v) is 5.69. The smallest absolute Gasteiger partial charge is 0.184 e. The molecular weight excluding hydrogens is 276 g/mol. The maximum atomic E-state index is 6.00. The summed E-state index contributed by atoms with van der Waals surface area (Å²) in [6.07, 6.45) is -0.336. The van der Waals surface area contributed by atoms with Crippen molar-refractivity contribution in [3.05, 3.63) is 71.3 Å². The van der Waals surface area contributed by atoms with Crippen molar-refractivity contribution < 1.29 is 14.2 Å². The predicted molar refractivity (Wildman–Crippen MR) is 85.4 cm³/mol. The van der Waals surface area contributed by atoms with Crippen LogP contribution in [-0.2, 0) is 20.8 Å². The molecule has 1 aliphatic rings. The Balaban J connectivity index is 1.56. The zero-order chi connectivity index (χ0) is 15.4. The van der Waals surface area contributed by atoms with Crippen LogP contribution in [0.3, 0.4) is 0 Å². The first-order valence-corrected chi connectivity index (χ1v) is 7.72. The Hall–Kier alpha value is -1.68. The first-order valence-electron chi connectivity index (χ1n) is 7.72. The van der Waals surface area contributed by atoms with Gasteiger partial charge >= 0.3 is 0 Å². The standard InChI is InChI=1S/C19H22O3/c1-14-8-6-7-11-17(14)12-20-18-13-21-19(22-15(18)2)16-9-4-3-5-10-16/h3-11,15,18-19H,12-13H2,1-2H3/t15-,18-,19+/m1/s1. The van der Waals surface area contributed by atoms with E-state index in [1.54, 1.807) is 0 Å². The van der Waals surface area contributed by atoms with Crippen LogP contribution in [-0.4, -0.2) is 18.8 Å². The lowest BCUT2D eigenvalue weighted by atomic mass is 10.1. The Morgan fingerprint density at radius 3 is 2.50 bits per heavy atom. The number of rotatable bonds is 4. The Labute approximate surface area is 131 Å². The Morgan fingerprint density at radius 1 is 1.05 bits per heavy atom. The summed E-state index contributed by atoms with van der Waals surface area (Å²) in [4.78, 5) is 0. The van der Waals surface area contributed by atoms with Crippen LogP contribution in [0.2, 0.25) is 0 Å². The summed E-state index contributed by atoms with van der Waals surface area (Å²) >= 11 is 0. The minimum atomic E-state index is -0.297. The van der Waals surface area contributed by atoms with Crippen LogP contribution < -0.4 is 0 Å². The van der Waals surface area contributed by atoms with Gasteiger partial charge in [-0.05, 0) is 25.0 Å². The largest absolute Gasteiger partial charge is 0.368 e. The van der Waals surface area contributed by atoms with E-state index in [9.17, 15) is 0 Å². The summed E-state index contributed by atoms with van der Waals surface area (Å²) < 4.78 is 17.8. The molecule has 1 aliphatic heterocycles. The molecule has 22 heavy (non-hydrogen) atoms. The second-order valence-electron chi connectivity index (χ2n) is 5.69. The summed E-state index contributed by atoms with van der Waals surface area (Å²) in [5.74, 6) is 0. The highest BCUT2D eigenvalue weighted by molar-refractivity contribution is 5.24. The lowest BCUT2D eigenvalue weighted by Crippen LogP contribution is -2.40. The summed E-state index contributed by atoms with van der Waals surface area (Å²) in [5, 5.41) is 0. The molecule has 0 unspecified atom stereocenters. The second kappa shape index (κ2) is 7.05. The van der Waals surface area contributed by atoms with Crippen LogP contribution in [0.4, 0.5) is 0 Å². The highest BCUT2D eigenvalue weighted by atomic mass is 16.7. The van der Waals surface area contributed by atoms with Gasteiger partial charge in [0.25, 0.3) is 0 Å². The van der Waals surface area contributed by atoms with Crippen molar-refractivity contribution in [1.29, 1.82) is 0 Å². The number of benzene rings is 2. The molecule has 3 atom stereocenters. The fourth-order valence-corrected chi connectivity index (χ4v) is 2.58. The number of ether oxygens (including phenoxy) is 3. The molecule has 0 saturated carbocycles. The molecule has 0 spiro atoms. The molecule has 0 aromatic heterocycles. The number of hydrogen-bond acceptors (Lipinski definition) is 3. The van der Waals surface area contributed by atoms with Gasteiger partial charge in [-0.2, -0.15) is 0 Å². The molecule has 0 bridgehead atoms. The fourth-order valence-electron chi connectivity index (χ4n) is 2.58. The SMILES string of the molecule is Cc1ccccc1CO[C@@H]1CO[C@H](c2ccccc2)O[C@@H]1C. The number of aryl methyl sites for hydroxylation is 1. The molecule has 3 rings (SSSR count). The molecule has 1 heterocycles. The quantitative estimate of drug-likeness (QED) is 0.853. The van der Waals surface area contributed by atoms with Crippen LogP contribution >= 0.6 is 0 Å². The summed E-state index contributed by atoms with van der Waals surface area (Å²) in [6.45, 7) is 5.28. The van der Waals surface area contributed by atoms with Crippen molar-refractivity contribution in [3.8, 4) is 0 Å². The van der Waals surface area contributed by atoms with E-state index in [-0.39, 0.29) is 18.5 Å². The molecule has 0 aliphatic carbocycles. The van der Waals surface area contributed by atoms with Crippen molar-refractivity contribution in [2.45, 2.75) is 39.0 Å². The van der Waals surface area contributed by atoms with Crippen molar-refractivity contribution in [1.82, 2.24) is 0 Å². The number of hydrogen-bond donors (Lipinski definition) is 0. The Kier molecular flexibility index (Phi) is 4.88. The fraction of sp³-hybridized carbons (Fsp3) is 0.368. The van der Waals surface area contributed by atoms with Crippen molar-refractivity contribution >= 4 is 0 Å². The van der Waals surface area contributed by atoms with Gasteiger partial charge < -0.3 is 14.2 Å². The minimum Gasteiger partial charge on any atom is -0.368 e. The topological polar surface area (TPSA) is 27.7 Å². The molecule has 2 aromatic rings. The highest BCUT2D eigenvalue weighted by Gasteiger charge is 2.30. The van der Waals surface area contributed by atoms with E-state index >= 15 is 0 Å². The molecule has 116 valence electrons. The lowest BCUT2D eigenvalue weighted by Gasteiger charge is -2.34. The van der Waals surface area contributed by atoms with Gasteiger partial charge in [-0.15, -0.1) is 0 Å². The van der Waals surface area contributed by atoms with Crippen molar-refractivity contribution in [2.24, 2.45) is 0 Å². The van der Waals surface area contributed by atoms with E-state index < -0.39 is 0 Å². The van der Waals surface area contributed by atoms with E-state index in [1.807, 2.05) is 49.4 Å². The first-order chi connectivity index (χ1) is 10.7. The summed E-state index contributed by atoms with van der Waals surface area (Å²) in [5.41, 5.74) is 3.50.